The number of nitrogens with one attached hydrogen (secondary N) is 1. The van der Waals surface area contributed by atoms with Gasteiger partial charge < -0.3 is 10.2 Å². The molecule has 0 amide bonds. The van der Waals surface area contributed by atoms with E-state index in [1.165, 1.54) is 24.1 Å². The highest BCUT2D eigenvalue weighted by molar-refractivity contribution is 5.47. The van der Waals surface area contributed by atoms with E-state index in [1.807, 2.05) is 7.05 Å². The van der Waals surface area contributed by atoms with Crippen molar-refractivity contribution in [2.45, 2.75) is 31.7 Å². The summed E-state index contributed by atoms with van der Waals surface area (Å²) in [6.45, 7) is 3.21. The number of likely N-dealkylation sites (N-methyl/N-ethyl adjacent to an activating group) is 2. The van der Waals surface area contributed by atoms with Crippen LogP contribution in [0.2, 0.25) is 0 Å². The van der Waals surface area contributed by atoms with Crippen LogP contribution >= 0.6 is 0 Å². The van der Waals surface area contributed by atoms with Crippen LogP contribution in [0.15, 0.2) is 0 Å². The van der Waals surface area contributed by atoms with Crippen LogP contribution in [-0.2, 0) is 12.8 Å². The van der Waals surface area contributed by atoms with Crippen LogP contribution in [0.4, 0.5) is 5.82 Å². The Bertz CT molecular complexity index is 470. The van der Waals surface area contributed by atoms with Gasteiger partial charge in [0.05, 0.1) is 6.04 Å². The molecule has 1 aliphatic heterocycles. The van der Waals surface area contributed by atoms with E-state index in [-0.39, 0.29) is 0 Å². The Hall–Kier alpha value is -1.20. The van der Waals surface area contributed by atoms with Crippen LogP contribution in [0, 0.1) is 0 Å². The molecule has 1 atom stereocenters. The maximum absolute atomic E-state index is 4.91. The SMILES string of the molecule is CNc1nc(C2CN(C)CCN2C)nc2c1CCCC2. The predicted octanol–water partition coefficient (Wildman–Crippen LogP) is 1.32. The molecule has 110 valence electrons. The zero-order valence-corrected chi connectivity index (χ0v) is 12.8. The molecule has 1 saturated heterocycles. The molecule has 1 aromatic heterocycles. The Labute approximate surface area is 121 Å². The van der Waals surface area contributed by atoms with Gasteiger partial charge in [0, 0.05) is 37.9 Å². The minimum atomic E-state index is 0.313. The lowest BCUT2D eigenvalue weighted by atomic mass is 9.96. The Morgan fingerprint density at radius 1 is 1.10 bits per heavy atom. The molecular weight excluding hydrogens is 250 g/mol. The number of anilines is 1. The predicted molar refractivity (Wildman–Crippen MR) is 81.1 cm³/mol. The number of fused-ring (bicyclic) bond motifs is 1. The summed E-state index contributed by atoms with van der Waals surface area (Å²) in [5, 5.41) is 3.28. The zero-order valence-electron chi connectivity index (χ0n) is 12.8. The molecule has 1 aromatic rings. The van der Waals surface area contributed by atoms with Crippen molar-refractivity contribution in [1.29, 1.82) is 0 Å². The third-order valence-electron chi connectivity index (χ3n) is 4.59. The molecule has 0 bridgehead atoms. The Morgan fingerprint density at radius 2 is 1.90 bits per heavy atom. The molecule has 1 unspecified atom stereocenters. The van der Waals surface area contributed by atoms with E-state index >= 15 is 0 Å². The number of aryl methyl sites for hydroxylation is 1. The molecule has 0 saturated carbocycles. The Morgan fingerprint density at radius 3 is 2.70 bits per heavy atom. The highest BCUT2D eigenvalue weighted by Crippen LogP contribution is 2.28. The van der Waals surface area contributed by atoms with Gasteiger partial charge in [-0.3, -0.25) is 4.90 Å². The first-order valence-corrected chi connectivity index (χ1v) is 7.65. The average Bonchev–Trinajstić information content (AvgIpc) is 2.48. The smallest absolute Gasteiger partial charge is 0.149 e. The number of hydrogen-bond acceptors (Lipinski definition) is 5. The third-order valence-corrected chi connectivity index (χ3v) is 4.59. The van der Waals surface area contributed by atoms with Gasteiger partial charge in [-0.05, 0) is 39.8 Å². The molecule has 0 spiro atoms. The second-order valence-electron chi connectivity index (χ2n) is 6.07. The molecule has 5 heteroatoms. The maximum Gasteiger partial charge on any atom is 0.149 e. The summed E-state index contributed by atoms with van der Waals surface area (Å²) in [5.74, 6) is 2.04. The van der Waals surface area contributed by atoms with Crippen LogP contribution in [0.25, 0.3) is 0 Å². The minimum Gasteiger partial charge on any atom is -0.373 e. The molecule has 1 fully saturated rings. The standard InChI is InChI=1S/C15H25N5/c1-16-14-11-6-4-5-7-12(11)17-15(18-14)13-10-19(2)8-9-20(13)3/h13H,4-10H2,1-3H3,(H,16,17,18). The molecule has 1 N–H and O–H groups in total. The molecule has 3 rings (SSSR count). The molecule has 1 aliphatic carbocycles. The van der Waals surface area contributed by atoms with E-state index in [0.717, 1.165) is 44.1 Å². The molecule has 5 nitrogen and oxygen atoms in total. The topological polar surface area (TPSA) is 44.3 Å². The quantitative estimate of drug-likeness (QED) is 0.882. The van der Waals surface area contributed by atoms with Crippen LogP contribution in [-0.4, -0.2) is 60.5 Å². The largest absolute Gasteiger partial charge is 0.373 e. The fraction of sp³-hybridized carbons (Fsp3) is 0.733. The van der Waals surface area contributed by atoms with Gasteiger partial charge in [0.1, 0.15) is 11.6 Å². The fourth-order valence-electron chi connectivity index (χ4n) is 3.26. The second-order valence-corrected chi connectivity index (χ2v) is 6.07. The van der Waals surface area contributed by atoms with Gasteiger partial charge in [0.15, 0.2) is 0 Å². The van der Waals surface area contributed by atoms with E-state index in [2.05, 4.69) is 29.2 Å². The monoisotopic (exact) mass is 275 g/mol. The summed E-state index contributed by atoms with van der Waals surface area (Å²) < 4.78 is 0. The number of rotatable bonds is 2. The van der Waals surface area contributed by atoms with Gasteiger partial charge in [0.2, 0.25) is 0 Å². The van der Waals surface area contributed by atoms with Crippen molar-refractivity contribution in [3.05, 3.63) is 17.1 Å². The lowest BCUT2D eigenvalue weighted by molar-refractivity contribution is 0.109. The van der Waals surface area contributed by atoms with Crippen molar-refractivity contribution in [2.75, 3.05) is 46.1 Å². The molecule has 0 aromatic carbocycles. The summed E-state index contributed by atoms with van der Waals surface area (Å²) in [6.07, 6.45) is 4.74. The number of nitrogens with zero attached hydrogens (tertiary/aromatic N) is 4. The van der Waals surface area contributed by atoms with Crippen molar-refractivity contribution >= 4 is 5.82 Å². The molecular formula is C15H25N5. The highest BCUT2D eigenvalue weighted by atomic mass is 15.3. The number of hydrogen-bond donors (Lipinski definition) is 1. The Balaban J connectivity index is 1.96. The first kappa shape index (κ1) is 13.8. The first-order chi connectivity index (χ1) is 9.69. The summed E-state index contributed by atoms with van der Waals surface area (Å²) in [4.78, 5) is 14.5. The van der Waals surface area contributed by atoms with Gasteiger partial charge in [-0.2, -0.15) is 0 Å². The highest BCUT2D eigenvalue weighted by Gasteiger charge is 2.28. The van der Waals surface area contributed by atoms with Crippen molar-refractivity contribution in [3.63, 3.8) is 0 Å². The van der Waals surface area contributed by atoms with Crippen LogP contribution < -0.4 is 5.32 Å². The summed E-state index contributed by atoms with van der Waals surface area (Å²) in [7, 11) is 6.33. The second kappa shape index (κ2) is 5.66. The normalized spacial score (nSPS) is 24.4. The molecule has 2 aliphatic rings. The van der Waals surface area contributed by atoms with Gasteiger partial charge in [-0.15, -0.1) is 0 Å². The van der Waals surface area contributed by atoms with Crippen molar-refractivity contribution < 1.29 is 0 Å². The van der Waals surface area contributed by atoms with E-state index < -0.39 is 0 Å². The molecule has 20 heavy (non-hydrogen) atoms. The zero-order chi connectivity index (χ0) is 14.1. The van der Waals surface area contributed by atoms with E-state index in [9.17, 15) is 0 Å². The summed E-state index contributed by atoms with van der Waals surface area (Å²) in [6, 6.07) is 0.313. The molecule has 0 radical (unpaired) electrons. The van der Waals surface area contributed by atoms with Gasteiger partial charge >= 0.3 is 0 Å². The van der Waals surface area contributed by atoms with Gasteiger partial charge in [-0.1, -0.05) is 0 Å². The fourth-order valence-corrected chi connectivity index (χ4v) is 3.26. The molecule has 2 heterocycles. The van der Waals surface area contributed by atoms with Crippen molar-refractivity contribution in [2.24, 2.45) is 0 Å². The lowest BCUT2D eigenvalue weighted by Gasteiger charge is -2.37. The maximum atomic E-state index is 4.91. The summed E-state index contributed by atoms with van der Waals surface area (Å²) in [5.41, 5.74) is 2.61. The summed E-state index contributed by atoms with van der Waals surface area (Å²) >= 11 is 0. The lowest BCUT2D eigenvalue weighted by Crippen LogP contribution is -2.45. The van der Waals surface area contributed by atoms with Crippen LogP contribution in [0.5, 0.6) is 0 Å². The first-order valence-electron chi connectivity index (χ1n) is 7.65. The van der Waals surface area contributed by atoms with Gasteiger partial charge in [0.25, 0.3) is 0 Å². The third kappa shape index (κ3) is 2.52. The average molecular weight is 275 g/mol. The van der Waals surface area contributed by atoms with E-state index in [1.54, 1.807) is 0 Å². The number of aromatic nitrogens is 2. The van der Waals surface area contributed by atoms with Crippen LogP contribution in [0.3, 0.4) is 0 Å². The van der Waals surface area contributed by atoms with Crippen LogP contribution in [0.1, 0.15) is 36.0 Å². The number of piperazine rings is 1. The van der Waals surface area contributed by atoms with E-state index in [4.69, 9.17) is 9.97 Å². The van der Waals surface area contributed by atoms with Crippen molar-refractivity contribution in [3.8, 4) is 0 Å². The van der Waals surface area contributed by atoms with Crippen molar-refractivity contribution in [1.82, 2.24) is 19.8 Å². The minimum absolute atomic E-state index is 0.313. The Kier molecular flexibility index (Phi) is 3.89. The van der Waals surface area contributed by atoms with Gasteiger partial charge in [-0.25, -0.2) is 9.97 Å². The van der Waals surface area contributed by atoms with E-state index in [0.29, 0.717) is 6.04 Å².